The average Bonchev–Trinajstić information content (AvgIpc) is 2.40. The van der Waals surface area contributed by atoms with Gasteiger partial charge in [0.15, 0.2) is 0 Å². The summed E-state index contributed by atoms with van der Waals surface area (Å²) in [5, 5.41) is 6.41. The largest absolute Gasteiger partial charge is 0.358 e. The predicted octanol–water partition coefficient (Wildman–Crippen LogP) is 1.92. The summed E-state index contributed by atoms with van der Waals surface area (Å²) in [5.41, 5.74) is 1.40. The van der Waals surface area contributed by atoms with Gasteiger partial charge in [0.1, 0.15) is 0 Å². The lowest BCUT2D eigenvalue weighted by Gasteiger charge is -2.33. The molecule has 1 rings (SSSR count). The first-order chi connectivity index (χ1) is 9.51. The van der Waals surface area contributed by atoms with Crippen LogP contribution in [0.4, 0.5) is 0 Å². The maximum Gasteiger partial charge on any atom is 0.233 e. The van der Waals surface area contributed by atoms with Gasteiger partial charge in [0.2, 0.25) is 5.91 Å². The van der Waals surface area contributed by atoms with Gasteiger partial charge in [-0.2, -0.15) is 0 Å². The molecule has 1 aliphatic heterocycles. The van der Waals surface area contributed by atoms with Crippen LogP contribution in [0.5, 0.6) is 0 Å². The Morgan fingerprint density at radius 2 is 2.00 bits per heavy atom. The van der Waals surface area contributed by atoms with Crippen molar-refractivity contribution in [3.8, 4) is 0 Å². The van der Waals surface area contributed by atoms with Crippen LogP contribution in [-0.4, -0.2) is 49.6 Å². The zero-order valence-electron chi connectivity index (χ0n) is 13.5. The lowest BCUT2D eigenvalue weighted by molar-refractivity contribution is -0.122. The van der Waals surface area contributed by atoms with Gasteiger partial charge in [-0.25, -0.2) is 0 Å². The maximum absolute atomic E-state index is 11.3. The third kappa shape index (κ3) is 7.06. The second-order valence-electron chi connectivity index (χ2n) is 6.15. The number of likely N-dealkylation sites (tertiary alicyclic amines) is 1. The van der Waals surface area contributed by atoms with E-state index in [-0.39, 0.29) is 5.91 Å². The van der Waals surface area contributed by atoms with Crippen molar-refractivity contribution in [1.29, 1.82) is 0 Å². The Kier molecular flexibility index (Phi) is 7.85. The number of hydrogen-bond donors (Lipinski definition) is 2. The predicted molar refractivity (Wildman–Crippen MR) is 84.8 cm³/mol. The molecule has 1 fully saturated rings. The summed E-state index contributed by atoms with van der Waals surface area (Å²) in [7, 11) is 1.70. The molecule has 1 aliphatic rings. The highest BCUT2D eigenvalue weighted by Crippen LogP contribution is 2.12. The summed E-state index contributed by atoms with van der Waals surface area (Å²) in [5.74, 6) is 0.117. The average molecular weight is 281 g/mol. The number of nitrogens with one attached hydrogen (secondary N) is 2. The van der Waals surface area contributed by atoms with Crippen molar-refractivity contribution in [3.05, 3.63) is 11.6 Å². The van der Waals surface area contributed by atoms with E-state index in [9.17, 15) is 4.79 Å². The van der Waals surface area contributed by atoms with E-state index in [2.05, 4.69) is 42.4 Å². The Labute approximate surface area is 124 Å². The van der Waals surface area contributed by atoms with E-state index in [4.69, 9.17) is 0 Å². The van der Waals surface area contributed by atoms with Crippen LogP contribution in [0.3, 0.4) is 0 Å². The SMILES string of the molecule is CNC(=O)CN1CCC(NC(C)CCC=C(C)C)CC1. The maximum atomic E-state index is 11.3. The van der Waals surface area contributed by atoms with Crippen LogP contribution in [0.15, 0.2) is 11.6 Å². The number of carbonyl (C=O) groups is 1. The van der Waals surface area contributed by atoms with Gasteiger partial charge in [-0.3, -0.25) is 9.69 Å². The van der Waals surface area contributed by atoms with Crippen LogP contribution in [0.2, 0.25) is 0 Å². The lowest BCUT2D eigenvalue weighted by atomic mass is 10.0. The highest BCUT2D eigenvalue weighted by molar-refractivity contribution is 5.77. The van der Waals surface area contributed by atoms with Crippen LogP contribution >= 0.6 is 0 Å². The molecule has 116 valence electrons. The van der Waals surface area contributed by atoms with Gasteiger partial charge in [0.25, 0.3) is 0 Å². The van der Waals surface area contributed by atoms with Crippen molar-refractivity contribution < 1.29 is 4.79 Å². The standard InChI is InChI=1S/C16H31N3O/c1-13(2)6-5-7-14(3)18-15-8-10-19(11-9-15)12-16(20)17-4/h6,14-15,18H,5,7-12H2,1-4H3,(H,17,20). The first-order valence-corrected chi connectivity index (χ1v) is 7.83. The Bertz CT molecular complexity index is 316. The highest BCUT2D eigenvalue weighted by atomic mass is 16.1. The lowest BCUT2D eigenvalue weighted by Crippen LogP contribution is -2.47. The summed E-state index contributed by atoms with van der Waals surface area (Å²) >= 11 is 0. The monoisotopic (exact) mass is 281 g/mol. The van der Waals surface area contributed by atoms with Gasteiger partial charge in [-0.15, -0.1) is 0 Å². The van der Waals surface area contributed by atoms with Crippen molar-refractivity contribution >= 4 is 5.91 Å². The van der Waals surface area contributed by atoms with Crippen LogP contribution in [0, 0.1) is 0 Å². The van der Waals surface area contributed by atoms with E-state index in [1.54, 1.807) is 7.05 Å². The molecule has 0 saturated carbocycles. The minimum Gasteiger partial charge on any atom is -0.358 e. The number of rotatable bonds is 7. The fourth-order valence-electron chi connectivity index (χ4n) is 2.65. The van der Waals surface area contributed by atoms with E-state index < -0.39 is 0 Å². The van der Waals surface area contributed by atoms with Gasteiger partial charge in [0.05, 0.1) is 6.54 Å². The number of piperidine rings is 1. The van der Waals surface area contributed by atoms with Crippen molar-refractivity contribution in [3.63, 3.8) is 0 Å². The van der Waals surface area contributed by atoms with E-state index >= 15 is 0 Å². The molecule has 0 aromatic rings. The second kappa shape index (κ2) is 9.14. The first-order valence-electron chi connectivity index (χ1n) is 7.83. The molecule has 1 saturated heterocycles. The van der Waals surface area contributed by atoms with E-state index in [1.165, 1.54) is 12.0 Å². The fraction of sp³-hybridized carbons (Fsp3) is 0.812. The Hall–Kier alpha value is -0.870. The number of hydrogen-bond acceptors (Lipinski definition) is 3. The van der Waals surface area contributed by atoms with Crippen molar-refractivity contribution in [2.45, 2.75) is 58.5 Å². The normalized spacial score (nSPS) is 18.6. The fourth-order valence-corrected chi connectivity index (χ4v) is 2.65. The zero-order valence-corrected chi connectivity index (χ0v) is 13.5. The summed E-state index contributed by atoms with van der Waals surface area (Å²) in [6.45, 7) is 9.16. The first kappa shape index (κ1) is 17.2. The second-order valence-corrected chi connectivity index (χ2v) is 6.15. The van der Waals surface area contributed by atoms with Gasteiger partial charge in [-0.05, 0) is 46.5 Å². The molecule has 0 bridgehead atoms. The highest BCUT2D eigenvalue weighted by Gasteiger charge is 2.21. The van der Waals surface area contributed by atoms with Crippen LogP contribution in [0.1, 0.15) is 46.5 Å². The van der Waals surface area contributed by atoms with Gasteiger partial charge < -0.3 is 10.6 Å². The van der Waals surface area contributed by atoms with Gasteiger partial charge >= 0.3 is 0 Å². The molecule has 4 nitrogen and oxygen atoms in total. The molecular formula is C16H31N3O. The van der Waals surface area contributed by atoms with Crippen molar-refractivity contribution in [2.24, 2.45) is 0 Å². The Morgan fingerprint density at radius 3 is 2.55 bits per heavy atom. The van der Waals surface area contributed by atoms with Crippen LogP contribution in [0.25, 0.3) is 0 Å². The number of nitrogens with zero attached hydrogens (tertiary/aromatic N) is 1. The van der Waals surface area contributed by atoms with Crippen LogP contribution < -0.4 is 10.6 Å². The number of amides is 1. The molecule has 20 heavy (non-hydrogen) atoms. The minimum absolute atomic E-state index is 0.117. The molecule has 4 heteroatoms. The zero-order chi connectivity index (χ0) is 15.0. The van der Waals surface area contributed by atoms with Gasteiger partial charge in [0, 0.05) is 32.2 Å². The smallest absolute Gasteiger partial charge is 0.233 e. The minimum atomic E-state index is 0.117. The third-order valence-corrected chi connectivity index (χ3v) is 3.91. The molecule has 0 aliphatic carbocycles. The summed E-state index contributed by atoms with van der Waals surface area (Å²) in [6, 6.07) is 1.18. The molecule has 1 unspecified atom stereocenters. The summed E-state index contributed by atoms with van der Waals surface area (Å²) < 4.78 is 0. The summed E-state index contributed by atoms with van der Waals surface area (Å²) in [4.78, 5) is 13.6. The molecule has 1 amide bonds. The molecule has 1 atom stereocenters. The summed E-state index contributed by atoms with van der Waals surface area (Å²) in [6.07, 6.45) is 6.95. The molecule has 1 heterocycles. The molecule has 0 aromatic carbocycles. The molecular weight excluding hydrogens is 250 g/mol. The topological polar surface area (TPSA) is 44.4 Å². The number of allylic oxidation sites excluding steroid dienone is 2. The quantitative estimate of drug-likeness (QED) is 0.701. The van der Waals surface area contributed by atoms with E-state index in [1.807, 2.05) is 0 Å². The van der Waals surface area contributed by atoms with Crippen LogP contribution in [-0.2, 0) is 4.79 Å². The molecule has 0 spiro atoms. The number of carbonyl (C=O) groups excluding carboxylic acids is 1. The molecule has 0 aromatic heterocycles. The van der Waals surface area contributed by atoms with E-state index in [0.717, 1.165) is 32.4 Å². The van der Waals surface area contributed by atoms with Gasteiger partial charge in [-0.1, -0.05) is 11.6 Å². The number of likely N-dealkylation sites (N-methyl/N-ethyl adjacent to an activating group) is 1. The molecule has 0 radical (unpaired) electrons. The third-order valence-electron chi connectivity index (χ3n) is 3.91. The molecule has 2 N–H and O–H groups in total. The van der Waals surface area contributed by atoms with Crippen molar-refractivity contribution in [1.82, 2.24) is 15.5 Å². The Balaban J connectivity index is 2.18. The Morgan fingerprint density at radius 1 is 1.35 bits per heavy atom. The van der Waals surface area contributed by atoms with Crippen molar-refractivity contribution in [2.75, 3.05) is 26.7 Å². The van der Waals surface area contributed by atoms with E-state index in [0.29, 0.717) is 18.6 Å².